The highest BCUT2D eigenvalue weighted by molar-refractivity contribution is 6.31. The van der Waals surface area contributed by atoms with Crippen molar-refractivity contribution in [2.24, 2.45) is 5.73 Å². The first-order valence-electron chi connectivity index (χ1n) is 5.12. The van der Waals surface area contributed by atoms with Gasteiger partial charge in [-0.15, -0.1) is 0 Å². The monoisotopic (exact) mass is 251 g/mol. The number of hydrogen-bond acceptors (Lipinski definition) is 3. The van der Waals surface area contributed by atoms with Gasteiger partial charge in [-0.25, -0.2) is 4.39 Å². The maximum Gasteiger partial charge on any atom is 0.124 e. The van der Waals surface area contributed by atoms with Gasteiger partial charge in [-0.3, -0.25) is 9.97 Å². The summed E-state index contributed by atoms with van der Waals surface area (Å²) >= 11 is 5.93. The maximum absolute atomic E-state index is 12.9. The SMILES string of the molecule is NC(Cc1ccc(F)cc1Cl)c1cnccn1. The van der Waals surface area contributed by atoms with E-state index in [0.29, 0.717) is 17.1 Å². The van der Waals surface area contributed by atoms with Crippen LogP contribution in [0.3, 0.4) is 0 Å². The zero-order chi connectivity index (χ0) is 12.3. The zero-order valence-corrected chi connectivity index (χ0v) is 9.73. The molecule has 0 amide bonds. The lowest BCUT2D eigenvalue weighted by Crippen LogP contribution is -2.15. The highest BCUT2D eigenvalue weighted by atomic mass is 35.5. The summed E-state index contributed by atoms with van der Waals surface area (Å²) < 4.78 is 12.9. The first-order chi connectivity index (χ1) is 8.16. The van der Waals surface area contributed by atoms with Crippen molar-refractivity contribution in [3.05, 3.63) is 58.9 Å². The van der Waals surface area contributed by atoms with E-state index in [1.807, 2.05) is 0 Å². The van der Waals surface area contributed by atoms with Gasteiger partial charge in [-0.05, 0) is 24.1 Å². The van der Waals surface area contributed by atoms with Crippen LogP contribution < -0.4 is 5.73 Å². The maximum atomic E-state index is 12.9. The fourth-order valence-electron chi connectivity index (χ4n) is 1.53. The molecule has 1 aromatic heterocycles. The van der Waals surface area contributed by atoms with E-state index in [1.54, 1.807) is 24.7 Å². The normalized spacial score (nSPS) is 12.4. The van der Waals surface area contributed by atoms with Crippen molar-refractivity contribution in [2.75, 3.05) is 0 Å². The summed E-state index contributed by atoms with van der Waals surface area (Å²) in [4.78, 5) is 8.07. The van der Waals surface area contributed by atoms with Crippen LogP contribution in [-0.2, 0) is 6.42 Å². The van der Waals surface area contributed by atoms with Gasteiger partial charge in [0.25, 0.3) is 0 Å². The molecule has 2 rings (SSSR count). The lowest BCUT2D eigenvalue weighted by molar-refractivity contribution is 0.625. The molecular weight excluding hydrogens is 241 g/mol. The van der Waals surface area contributed by atoms with Gasteiger partial charge in [0, 0.05) is 23.6 Å². The average Bonchev–Trinajstić information content (AvgIpc) is 2.34. The van der Waals surface area contributed by atoms with E-state index in [0.717, 1.165) is 5.56 Å². The molecule has 0 radical (unpaired) electrons. The highest BCUT2D eigenvalue weighted by Gasteiger charge is 2.11. The second kappa shape index (κ2) is 5.21. The molecule has 3 nitrogen and oxygen atoms in total. The Morgan fingerprint density at radius 2 is 2.18 bits per heavy atom. The van der Waals surface area contributed by atoms with Crippen molar-refractivity contribution in [1.29, 1.82) is 0 Å². The third-order valence-corrected chi connectivity index (χ3v) is 2.77. The summed E-state index contributed by atoms with van der Waals surface area (Å²) in [7, 11) is 0. The number of hydrogen-bond donors (Lipinski definition) is 1. The third kappa shape index (κ3) is 2.99. The van der Waals surface area contributed by atoms with Gasteiger partial charge < -0.3 is 5.73 Å². The molecule has 1 aromatic carbocycles. The lowest BCUT2D eigenvalue weighted by Gasteiger charge is -2.11. The number of nitrogens with zero attached hydrogens (tertiary/aromatic N) is 2. The Morgan fingerprint density at radius 1 is 1.35 bits per heavy atom. The van der Waals surface area contributed by atoms with E-state index < -0.39 is 0 Å². The van der Waals surface area contributed by atoms with Gasteiger partial charge in [-0.1, -0.05) is 17.7 Å². The number of nitrogens with two attached hydrogens (primary N) is 1. The van der Waals surface area contributed by atoms with Crippen molar-refractivity contribution in [3.63, 3.8) is 0 Å². The first kappa shape index (κ1) is 12.0. The van der Waals surface area contributed by atoms with Crippen molar-refractivity contribution >= 4 is 11.6 Å². The molecule has 1 atom stereocenters. The molecule has 2 N–H and O–H groups in total. The Bertz CT molecular complexity index is 504. The van der Waals surface area contributed by atoms with E-state index in [4.69, 9.17) is 17.3 Å². The molecule has 0 saturated heterocycles. The van der Waals surface area contributed by atoms with Crippen LogP contribution in [0.1, 0.15) is 17.3 Å². The summed E-state index contributed by atoms with van der Waals surface area (Å²) in [6.07, 6.45) is 5.28. The molecule has 0 aliphatic carbocycles. The molecule has 2 aromatic rings. The molecule has 5 heteroatoms. The van der Waals surface area contributed by atoms with Crippen LogP contribution in [0.2, 0.25) is 5.02 Å². The number of rotatable bonds is 3. The van der Waals surface area contributed by atoms with Gasteiger partial charge >= 0.3 is 0 Å². The van der Waals surface area contributed by atoms with E-state index >= 15 is 0 Å². The van der Waals surface area contributed by atoms with Crippen LogP contribution in [-0.4, -0.2) is 9.97 Å². The summed E-state index contributed by atoms with van der Waals surface area (Å²) in [5.41, 5.74) is 7.46. The molecule has 0 aliphatic heterocycles. The number of halogens is 2. The van der Waals surface area contributed by atoms with Crippen molar-refractivity contribution in [1.82, 2.24) is 9.97 Å². The Balaban J connectivity index is 2.16. The van der Waals surface area contributed by atoms with Crippen molar-refractivity contribution in [3.8, 4) is 0 Å². The van der Waals surface area contributed by atoms with Gasteiger partial charge in [0.05, 0.1) is 11.7 Å². The van der Waals surface area contributed by atoms with Crippen LogP contribution in [0.15, 0.2) is 36.8 Å². The van der Waals surface area contributed by atoms with Crippen LogP contribution in [0.4, 0.5) is 4.39 Å². The Kier molecular flexibility index (Phi) is 3.66. The van der Waals surface area contributed by atoms with Crippen molar-refractivity contribution < 1.29 is 4.39 Å². The predicted octanol–water partition coefficient (Wildman–Crippen LogP) is 2.51. The fraction of sp³-hybridized carbons (Fsp3) is 0.167. The molecular formula is C12H11ClFN3. The summed E-state index contributed by atoms with van der Waals surface area (Å²) in [6.45, 7) is 0. The molecule has 0 fully saturated rings. The second-order valence-corrected chi connectivity index (χ2v) is 4.08. The van der Waals surface area contributed by atoms with Crippen LogP contribution in [0.25, 0.3) is 0 Å². The topological polar surface area (TPSA) is 51.8 Å². The molecule has 17 heavy (non-hydrogen) atoms. The van der Waals surface area contributed by atoms with E-state index in [-0.39, 0.29) is 11.9 Å². The number of benzene rings is 1. The quantitative estimate of drug-likeness (QED) is 0.912. The Hall–Kier alpha value is -1.52. The molecule has 1 heterocycles. The minimum absolute atomic E-state index is 0.299. The minimum atomic E-state index is -0.355. The largest absolute Gasteiger partial charge is 0.322 e. The van der Waals surface area contributed by atoms with Gasteiger partial charge in [0.15, 0.2) is 0 Å². The Morgan fingerprint density at radius 3 is 2.82 bits per heavy atom. The van der Waals surface area contributed by atoms with Crippen molar-refractivity contribution in [2.45, 2.75) is 12.5 Å². The van der Waals surface area contributed by atoms with Crippen LogP contribution >= 0.6 is 11.6 Å². The first-order valence-corrected chi connectivity index (χ1v) is 5.50. The molecule has 0 aliphatic rings. The highest BCUT2D eigenvalue weighted by Crippen LogP contribution is 2.21. The molecule has 88 valence electrons. The second-order valence-electron chi connectivity index (χ2n) is 3.68. The van der Waals surface area contributed by atoms with Gasteiger partial charge in [0.2, 0.25) is 0 Å². The summed E-state index contributed by atoms with van der Waals surface area (Å²) in [5.74, 6) is -0.355. The molecule has 1 unspecified atom stereocenters. The van der Waals surface area contributed by atoms with E-state index in [9.17, 15) is 4.39 Å². The molecule has 0 saturated carbocycles. The lowest BCUT2D eigenvalue weighted by atomic mass is 10.0. The minimum Gasteiger partial charge on any atom is -0.322 e. The van der Waals surface area contributed by atoms with Gasteiger partial charge in [0.1, 0.15) is 5.82 Å². The third-order valence-electron chi connectivity index (χ3n) is 2.42. The van der Waals surface area contributed by atoms with Crippen LogP contribution in [0, 0.1) is 5.82 Å². The smallest absolute Gasteiger partial charge is 0.124 e. The summed E-state index contributed by atoms with van der Waals surface area (Å²) in [5, 5.41) is 0.379. The standard InChI is InChI=1S/C12H11ClFN3/c13-10-6-9(14)2-1-8(10)5-11(15)12-7-16-3-4-17-12/h1-4,6-7,11H,5,15H2. The van der Waals surface area contributed by atoms with Crippen LogP contribution in [0.5, 0.6) is 0 Å². The zero-order valence-electron chi connectivity index (χ0n) is 8.98. The van der Waals surface area contributed by atoms with E-state index in [1.165, 1.54) is 12.1 Å². The van der Waals surface area contributed by atoms with Gasteiger partial charge in [-0.2, -0.15) is 0 Å². The number of aromatic nitrogens is 2. The Labute approximate surface area is 103 Å². The average molecular weight is 252 g/mol. The predicted molar refractivity (Wildman–Crippen MR) is 64.1 cm³/mol. The fourth-order valence-corrected chi connectivity index (χ4v) is 1.78. The summed E-state index contributed by atoms with van der Waals surface area (Å²) in [6, 6.07) is 3.98. The molecule has 0 spiro atoms. The molecule has 0 bridgehead atoms. The van der Waals surface area contributed by atoms with E-state index in [2.05, 4.69) is 9.97 Å².